The molecule has 1 aliphatic rings. The van der Waals surface area contributed by atoms with Gasteiger partial charge in [-0.15, -0.1) is 0 Å². The van der Waals surface area contributed by atoms with E-state index in [0.29, 0.717) is 5.92 Å². The third kappa shape index (κ3) is 1.78. The number of nitrogens with zero attached hydrogens (tertiary/aromatic N) is 1. The number of imidazole rings is 1. The summed E-state index contributed by atoms with van der Waals surface area (Å²) in [6.07, 6.45) is 1.17. The predicted molar refractivity (Wildman–Crippen MR) is 77.5 cm³/mol. The van der Waals surface area contributed by atoms with Crippen LogP contribution in [0.5, 0.6) is 0 Å². The summed E-state index contributed by atoms with van der Waals surface area (Å²) in [4.78, 5) is 7.83. The van der Waals surface area contributed by atoms with E-state index in [-0.39, 0.29) is 0 Å². The first kappa shape index (κ1) is 10.6. The first-order chi connectivity index (χ1) is 9.40. The fraction of sp³-hybridized carbons (Fsp3) is 0.188. The summed E-state index contributed by atoms with van der Waals surface area (Å²) in [6, 6.07) is 16.8. The maximum Gasteiger partial charge on any atom is 0.201 e. The van der Waals surface area contributed by atoms with Gasteiger partial charge in [-0.3, -0.25) is 0 Å². The Bertz CT molecular complexity index is 696. The summed E-state index contributed by atoms with van der Waals surface area (Å²) < 4.78 is 0. The number of anilines is 1. The van der Waals surface area contributed by atoms with Crippen molar-refractivity contribution >= 4 is 17.0 Å². The lowest BCUT2D eigenvalue weighted by Crippen LogP contribution is -2.24. The summed E-state index contributed by atoms with van der Waals surface area (Å²) in [5.41, 5.74) is 5.06. The Hall–Kier alpha value is -2.29. The number of aromatic amines is 1. The standard InChI is InChI=1S/C16H15N3/c1-2-6-13-11(5-1)9-12(13)10-17-16-18-14-7-3-4-8-15(14)19-16/h1-8,12H,9-10H2,(H2,17,18,19). The number of nitrogens with one attached hydrogen (secondary N) is 2. The summed E-state index contributed by atoms with van der Waals surface area (Å²) in [7, 11) is 0. The third-order valence-electron chi connectivity index (χ3n) is 3.87. The van der Waals surface area contributed by atoms with Gasteiger partial charge in [0.2, 0.25) is 5.95 Å². The summed E-state index contributed by atoms with van der Waals surface area (Å²) in [5, 5.41) is 3.41. The van der Waals surface area contributed by atoms with Crippen molar-refractivity contribution < 1.29 is 0 Å². The van der Waals surface area contributed by atoms with Crippen LogP contribution in [0.15, 0.2) is 48.5 Å². The van der Waals surface area contributed by atoms with E-state index in [1.807, 2.05) is 24.3 Å². The number of H-pyrrole nitrogens is 1. The smallest absolute Gasteiger partial charge is 0.201 e. The van der Waals surface area contributed by atoms with Crippen LogP contribution in [-0.2, 0) is 6.42 Å². The van der Waals surface area contributed by atoms with Crippen LogP contribution in [0.3, 0.4) is 0 Å². The Labute approximate surface area is 111 Å². The Balaban J connectivity index is 1.49. The van der Waals surface area contributed by atoms with E-state index in [1.165, 1.54) is 17.5 Å². The largest absolute Gasteiger partial charge is 0.355 e. The molecule has 1 aromatic heterocycles. The van der Waals surface area contributed by atoms with Crippen molar-refractivity contribution in [3.05, 3.63) is 59.7 Å². The SMILES string of the molecule is c1ccc2c(c1)CC2CNc1nc2ccccc2[nH]1. The van der Waals surface area contributed by atoms with E-state index in [2.05, 4.69) is 39.6 Å². The first-order valence-corrected chi connectivity index (χ1v) is 6.66. The zero-order valence-electron chi connectivity index (χ0n) is 10.6. The van der Waals surface area contributed by atoms with Gasteiger partial charge in [-0.25, -0.2) is 4.98 Å². The molecule has 1 unspecified atom stereocenters. The molecule has 1 atom stereocenters. The van der Waals surface area contributed by atoms with E-state index in [1.54, 1.807) is 0 Å². The minimum absolute atomic E-state index is 0.615. The van der Waals surface area contributed by atoms with Gasteiger partial charge in [0.25, 0.3) is 0 Å². The molecule has 2 aromatic carbocycles. The molecule has 0 radical (unpaired) electrons. The molecule has 0 bridgehead atoms. The second-order valence-corrected chi connectivity index (χ2v) is 5.08. The number of rotatable bonds is 3. The molecular formula is C16H15N3. The molecular weight excluding hydrogens is 234 g/mol. The van der Waals surface area contributed by atoms with Gasteiger partial charge in [-0.05, 0) is 29.7 Å². The van der Waals surface area contributed by atoms with Gasteiger partial charge in [0.1, 0.15) is 0 Å². The zero-order chi connectivity index (χ0) is 12.7. The van der Waals surface area contributed by atoms with Crippen LogP contribution >= 0.6 is 0 Å². The molecule has 3 nitrogen and oxygen atoms in total. The van der Waals surface area contributed by atoms with Crippen LogP contribution < -0.4 is 5.32 Å². The predicted octanol–water partition coefficient (Wildman–Crippen LogP) is 3.31. The van der Waals surface area contributed by atoms with E-state index < -0.39 is 0 Å². The summed E-state index contributed by atoms with van der Waals surface area (Å²) in [5.74, 6) is 1.48. The maximum absolute atomic E-state index is 4.53. The molecule has 3 aromatic rings. The van der Waals surface area contributed by atoms with Crippen LogP contribution in [0.2, 0.25) is 0 Å². The highest BCUT2D eigenvalue weighted by Gasteiger charge is 2.25. The highest BCUT2D eigenvalue weighted by Crippen LogP contribution is 2.34. The molecule has 2 N–H and O–H groups in total. The molecule has 0 fully saturated rings. The number of aromatic nitrogens is 2. The van der Waals surface area contributed by atoms with Crippen LogP contribution in [-0.4, -0.2) is 16.5 Å². The Morgan fingerprint density at radius 3 is 2.84 bits per heavy atom. The quantitative estimate of drug-likeness (QED) is 0.747. The number of benzene rings is 2. The van der Waals surface area contributed by atoms with Gasteiger partial charge in [0.15, 0.2) is 0 Å². The van der Waals surface area contributed by atoms with Crippen LogP contribution in [0.1, 0.15) is 17.0 Å². The highest BCUT2D eigenvalue weighted by atomic mass is 15.1. The van der Waals surface area contributed by atoms with Crippen LogP contribution in [0.25, 0.3) is 11.0 Å². The van der Waals surface area contributed by atoms with Crippen molar-refractivity contribution in [3.8, 4) is 0 Å². The first-order valence-electron chi connectivity index (χ1n) is 6.66. The minimum atomic E-state index is 0.615. The molecule has 0 amide bonds. The molecule has 0 aliphatic heterocycles. The Morgan fingerprint density at radius 1 is 1.11 bits per heavy atom. The van der Waals surface area contributed by atoms with Crippen molar-refractivity contribution in [2.24, 2.45) is 0 Å². The lowest BCUT2D eigenvalue weighted by Gasteiger charge is -2.30. The molecule has 1 heterocycles. The second kappa shape index (κ2) is 4.12. The van der Waals surface area contributed by atoms with Gasteiger partial charge in [-0.1, -0.05) is 36.4 Å². The van der Waals surface area contributed by atoms with Crippen molar-refractivity contribution in [3.63, 3.8) is 0 Å². The zero-order valence-corrected chi connectivity index (χ0v) is 10.6. The monoisotopic (exact) mass is 249 g/mol. The van der Waals surface area contributed by atoms with Crippen molar-refractivity contribution in [1.82, 2.24) is 9.97 Å². The topological polar surface area (TPSA) is 40.7 Å². The van der Waals surface area contributed by atoms with Gasteiger partial charge in [0.05, 0.1) is 11.0 Å². The van der Waals surface area contributed by atoms with Crippen LogP contribution in [0.4, 0.5) is 5.95 Å². The lowest BCUT2D eigenvalue weighted by atomic mass is 9.78. The molecule has 1 aliphatic carbocycles. The number of fused-ring (bicyclic) bond motifs is 2. The highest BCUT2D eigenvalue weighted by molar-refractivity contribution is 5.77. The molecule has 3 heteroatoms. The van der Waals surface area contributed by atoms with Crippen molar-refractivity contribution in [1.29, 1.82) is 0 Å². The van der Waals surface area contributed by atoms with Gasteiger partial charge < -0.3 is 10.3 Å². The normalized spacial score (nSPS) is 16.9. The van der Waals surface area contributed by atoms with Gasteiger partial charge in [0, 0.05) is 12.5 Å². The fourth-order valence-corrected chi connectivity index (χ4v) is 2.80. The minimum Gasteiger partial charge on any atom is -0.355 e. The number of hydrogen-bond acceptors (Lipinski definition) is 2. The third-order valence-corrected chi connectivity index (χ3v) is 3.87. The van der Waals surface area contributed by atoms with Crippen molar-refractivity contribution in [2.75, 3.05) is 11.9 Å². The molecule has 94 valence electrons. The number of hydrogen-bond donors (Lipinski definition) is 2. The average Bonchev–Trinajstić information content (AvgIpc) is 2.82. The van der Waals surface area contributed by atoms with E-state index in [4.69, 9.17) is 0 Å². The van der Waals surface area contributed by atoms with E-state index in [9.17, 15) is 0 Å². The van der Waals surface area contributed by atoms with Gasteiger partial charge >= 0.3 is 0 Å². The molecule has 4 rings (SSSR count). The molecule has 0 saturated heterocycles. The summed E-state index contributed by atoms with van der Waals surface area (Å²) >= 11 is 0. The average molecular weight is 249 g/mol. The van der Waals surface area contributed by atoms with E-state index in [0.717, 1.165) is 23.5 Å². The van der Waals surface area contributed by atoms with Gasteiger partial charge in [-0.2, -0.15) is 0 Å². The molecule has 0 spiro atoms. The number of para-hydroxylation sites is 2. The van der Waals surface area contributed by atoms with Crippen molar-refractivity contribution in [2.45, 2.75) is 12.3 Å². The van der Waals surface area contributed by atoms with Crippen LogP contribution in [0, 0.1) is 0 Å². The Morgan fingerprint density at radius 2 is 1.95 bits per heavy atom. The Kier molecular flexibility index (Phi) is 2.30. The molecule has 0 saturated carbocycles. The summed E-state index contributed by atoms with van der Waals surface area (Å²) in [6.45, 7) is 0.941. The second-order valence-electron chi connectivity index (χ2n) is 5.08. The fourth-order valence-electron chi connectivity index (χ4n) is 2.80. The molecule has 19 heavy (non-hydrogen) atoms. The lowest BCUT2D eigenvalue weighted by molar-refractivity contribution is 0.634. The van der Waals surface area contributed by atoms with E-state index >= 15 is 0 Å². The maximum atomic E-state index is 4.53.